The van der Waals surface area contributed by atoms with Crippen LogP contribution in [-0.4, -0.2) is 45.4 Å². The first-order chi connectivity index (χ1) is 14.7. The van der Waals surface area contributed by atoms with E-state index in [9.17, 15) is 27.2 Å². The van der Waals surface area contributed by atoms with Crippen LogP contribution in [-0.2, 0) is 17.5 Å². The number of likely N-dealkylation sites (tertiary alicyclic amines) is 1. The minimum Gasteiger partial charge on any atom is -0.348 e. The lowest BCUT2D eigenvalue weighted by Crippen LogP contribution is -2.47. The van der Waals surface area contributed by atoms with Crippen molar-refractivity contribution in [2.75, 3.05) is 13.1 Å². The van der Waals surface area contributed by atoms with Gasteiger partial charge in [0.25, 0.3) is 5.91 Å². The summed E-state index contributed by atoms with van der Waals surface area (Å²) in [6, 6.07) is 2.74. The fraction of sp³-hybridized carbons (Fsp3) is 0.476. The van der Waals surface area contributed by atoms with E-state index in [0.29, 0.717) is 25.9 Å². The van der Waals surface area contributed by atoms with Crippen LogP contribution in [0.15, 0.2) is 30.7 Å². The molecule has 0 radical (unpaired) electrons. The van der Waals surface area contributed by atoms with E-state index < -0.39 is 17.6 Å². The lowest BCUT2D eigenvalue weighted by molar-refractivity contribution is -0.140. The molecule has 1 saturated carbocycles. The molecule has 2 fully saturated rings. The highest BCUT2D eigenvalue weighted by Gasteiger charge is 2.35. The molecule has 31 heavy (non-hydrogen) atoms. The van der Waals surface area contributed by atoms with Gasteiger partial charge >= 0.3 is 6.18 Å². The number of imidazole rings is 1. The lowest BCUT2D eigenvalue weighted by atomic mass is 10.0. The second-order valence-electron chi connectivity index (χ2n) is 8.09. The summed E-state index contributed by atoms with van der Waals surface area (Å²) in [7, 11) is 0. The molecule has 6 nitrogen and oxygen atoms in total. The molecule has 1 N–H and O–H groups in total. The molecule has 1 aliphatic carbocycles. The number of piperidine rings is 1. The van der Waals surface area contributed by atoms with Gasteiger partial charge in [0.1, 0.15) is 11.5 Å². The van der Waals surface area contributed by atoms with Gasteiger partial charge in [0, 0.05) is 37.8 Å². The molecule has 1 saturated heterocycles. The van der Waals surface area contributed by atoms with Crippen molar-refractivity contribution < 1.29 is 27.2 Å². The first-order valence-electron chi connectivity index (χ1n) is 10.2. The van der Waals surface area contributed by atoms with E-state index in [2.05, 4.69) is 10.3 Å². The van der Waals surface area contributed by atoms with Gasteiger partial charge < -0.3 is 14.8 Å². The van der Waals surface area contributed by atoms with E-state index in [1.54, 1.807) is 0 Å². The number of hydrogen-bond donors (Lipinski definition) is 1. The van der Waals surface area contributed by atoms with Crippen molar-refractivity contribution in [1.82, 2.24) is 19.8 Å². The minimum atomic E-state index is -4.78. The van der Waals surface area contributed by atoms with E-state index in [1.165, 1.54) is 23.2 Å². The van der Waals surface area contributed by atoms with E-state index in [-0.39, 0.29) is 41.6 Å². The van der Waals surface area contributed by atoms with Gasteiger partial charge in [-0.05, 0) is 43.4 Å². The van der Waals surface area contributed by atoms with E-state index >= 15 is 0 Å². The van der Waals surface area contributed by atoms with Crippen LogP contribution < -0.4 is 5.32 Å². The summed E-state index contributed by atoms with van der Waals surface area (Å²) in [5.74, 6) is -1.31. The fourth-order valence-corrected chi connectivity index (χ4v) is 3.75. The van der Waals surface area contributed by atoms with Crippen molar-refractivity contribution in [3.63, 3.8) is 0 Å². The van der Waals surface area contributed by atoms with Crippen molar-refractivity contribution in [3.05, 3.63) is 53.4 Å². The van der Waals surface area contributed by atoms with Crippen LogP contribution in [0.5, 0.6) is 0 Å². The van der Waals surface area contributed by atoms with Crippen molar-refractivity contribution in [2.45, 2.75) is 44.4 Å². The summed E-state index contributed by atoms with van der Waals surface area (Å²) in [6.07, 6.45) is 1.28. The fourth-order valence-electron chi connectivity index (χ4n) is 3.75. The second-order valence-corrected chi connectivity index (χ2v) is 8.09. The van der Waals surface area contributed by atoms with Gasteiger partial charge in [-0.15, -0.1) is 0 Å². The first kappa shape index (κ1) is 21.3. The Morgan fingerprint density at radius 3 is 2.48 bits per heavy atom. The summed E-state index contributed by atoms with van der Waals surface area (Å²) >= 11 is 0. The maximum absolute atomic E-state index is 13.4. The minimum absolute atomic E-state index is 0.0192. The number of benzene rings is 1. The number of carbonyl (C=O) groups excluding carboxylic acids is 2. The monoisotopic (exact) mass is 438 g/mol. The second kappa shape index (κ2) is 8.32. The molecule has 2 amide bonds. The molecule has 4 rings (SSSR count). The number of aromatic nitrogens is 2. The Hall–Kier alpha value is -2.91. The number of hydrogen-bond acceptors (Lipinski definition) is 3. The Labute approximate surface area is 176 Å². The zero-order valence-corrected chi connectivity index (χ0v) is 16.7. The van der Waals surface area contributed by atoms with E-state index in [0.717, 1.165) is 25.0 Å². The number of alkyl halides is 3. The molecule has 10 heteroatoms. The predicted molar refractivity (Wildman–Crippen MR) is 103 cm³/mol. The van der Waals surface area contributed by atoms with Crippen molar-refractivity contribution >= 4 is 11.8 Å². The molecular weight excluding hydrogens is 416 g/mol. The van der Waals surface area contributed by atoms with Gasteiger partial charge in [0.15, 0.2) is 0 Å². The molecule has 2 aromatic rings. The van der Waals surface area contributed by atoms with Gasteiger partial charge in [0.05, 0.1) is 11.9 Å². The van der Waals surface area contributed by atoms with Crippen LogP contribution >= 0.6 is 0 Å². The Bertz CT molecular complexity index is 976. The molecule has 166 valence electrons. The number of carbonyl (C=O) groups is 2. The average molecular weight is 438 g/mol. The largest absolute Gasteiger partial charge is 0.419 e. The number of amides is 2. The Morgan fingerprint density at radius 1 is 1.13 bits per heavy atom. The van der Waals surface area contributed by atoms with Crippen molar-refractivity contribution in [3.8, 4) is 0 Å². The average Bonchev–Trinajstić information content (AvgIpc) is 3.47. The topological polar surface area (TPSA) is 67.2 Å². The Morgan fingerprint density at radius 2 is 1.84 bits per heavy atom. The predicted octanol–water partition coefficient (Wildman–Crippen LogP) is 3.22. The van der Waals surface area contributed by atoms with Crippen LogP contribution in [0.3, 0.4) is 0 Å². The van der Waals surface area contributed by atoms with Gasteiger partial charge in [-0.2, -0.15) is 13.2 Å². The Kier molecular flexibility index (Phi) is 5.72. The van der Waals surface area contributed by atoms with Crippen LogP contribution in [0.4, 0.5) is 17.6 Å². The third-order valence-electron chi connectivity index (χ3n) is 5.64. The summed E-state index contributed by atoms with van der Waals surface area (Å²) in [5.41, 5.74) is -0.935. The summed E-state index contributed by atoms with van der Waals surface area (Å²) < 4.78 is 53.5. The quantitative estimate of drug-likeness (QED) is 0.729. The van der Waals surface area contributed by atoms with Gasteiger partial charge in [-0.25, -0.2) is 9.37 Å². The van der Waals surface area contributed by atoms with Crippen molar-refractivity contribution in [2.24, 2.45) is 5.92 Å². The maximum atomic E-state index is 13.4. The lowest BCUT2D eigenvalue weighted by Gasteiger charge is -2.32. The Balaban J connectivity index is 1.32. The SMILES string of the molecule is O=C(NC1CCN(C(=O)C2CC2)CC1)c1cn(Cc2ccc(F)c(C(F)(F)F)c2)cn1. The van der Waals surface area contributed by atoms with E-state index in [1.807, 2.05) is 4.90 Å². The highest BCUT2D eigenvalue weighted by atomic mass is 19.4. The highest BCUT2D eigenvalue weighted by Crippen LogP contribution is 2.32. The van der Waals surface area contributed by atoms with Crippen LogP contribution in [0.1, 0.15) is 47.3 Å². The molecule has 1 aromatic carbocycles. The van der Waals surface area contributed by atoms with Crippen molar-refractivity contribution in [1.29, 1.82) is 0 Å². The normalized spacial score (nSPS) is 17.6. The number of nitrogens with one attached hydrogen (secondary N) is 1. The van der Waals surface area contributed by atoms with Crippen LogP contribution in [0.2, 0.25) is 0 Å². The molecule has 0 spiro atoms. The number of nitrogens with zero attached hydrogens (tertiary/aromatic N) is 3. The number of rotatable bonds is 5. The summed E-state index contributed by atoms with van der Waals surface area (Å²) in [4.78, 5) is 30.5. The maximum Gasteiger partial charge on any atom is 0.419 e. The molecule has 1 aliphatic heterocycles. The number of halogens is 4. The highest BCUT2D eigenvalue weighted by molar-refractivity contribution is 5.92. The molecule has 2 aliphatic rings. The van der Waals surface area contributed by atoms with E-state index in [4.69, 9.17) is 0 Å². The molecule has 0 bridgehead atoms. The standard InChI is InChI=1S/C21H22F4N4O2/c22-17-4-1-13(9-16(17)21(23,24)25)10-28-11-18(26-12-28)19(30)27-15-5-7-29(8-6-15)20(31)14-2-3-14/h1,4,9,11-12,14-15H,2-3,5-8,10H2,(H,27,30). The molecule has 1 aromatic heterocycles. The third-order valence-corrected chi connectivity index (χ3v) is 5.64. The smallest absolute Gasteiger partial charge is 0.348 e. The van der Waals surface area contributed by atoms with Gasteiger partial charge in [-0.3, -0.25) is 9.59 Å². The third kappa shape index (κ3) is 5.05. The van der Waals surface area contributed by atoms with Gasteiger partial charge in [-0.1, -0.05) is 6.07 Å². The summed E-state index contributed by atoms with van der Waals surface area (Å²) in [5, 5.41) is 2.90. The van der Waals surface area contributed by atoms with Crippen LogP contribution in [0, 0.1) is 11.7 Å². The van der Waals surface area contributed by atoms with Gasteiger partial charge in [0.2, 0.25) is 5.91 Å². The summed E-state index contributed by atoms with van der Waals surface area (Å²) in [6.45, 7) is 1.24. The zero-order valence-electron chi connectivity index (χ0n) is 16.7. The zero-order chi connectivity index (χ0) is 22.2. The molecular formula is C21H22F4N4O2. The molecule has 0 unspecified atom stereocenters. The molecule has 2 heterocycles. The molecule has 0 atom stereocenters. The first-order valence-corrected chi connectivity index (χ1v) is 10.2. The van der Waals surface area contributed by atoms with Crippen LogP contribution in [0.25, 0.3) is 0 Å².